The predicted molar refractivity (Wildman–Crippen MR) is 78.4 cm³/mol. The summed E-state index contributed by atoms with van der Waals surface area (Å²) >= 11 is 0. The average Bonchev–Trinajstić information content (AvgIpc) is 2.69. The van der Waals surface area contributed by atoms with Crippen LogP contribution in [-0.4, -0.2) is 28.1 Å². The van der Waals surface area contributed by atoms with Gasteiger partial charge in [-0.2, -0.15) is 0 Å². The maximum atomic E-state index is 14.0. The quantitative estimate of drug-likeness (QED) is 0.921. The molecule has 3 unspecified atom stereocenters. The van der Waals surface area contributed by atoms with Crippen molar-refractivity contribution in [1.29, 1.82) is 0 Å². The van der Waals surface area contributed by atoms with Crippen LogP contribution in [0.2, 0.25) is 0 Å². The van der Waals surface area contributed by atoms with E-state index in [9.17, 15) is 9.18 Å². The van der Waals surface area contributed by atoms with Crippen molar-refractivity contribution in [2.24, 2.45) is 5.92 Å². The van der Waals surface area contributed by atoms with Gasteiger partial charge in [-0.3, -0.25) is 9.69 Å². The Morgan fingerprint density at radius 3 is 2.52 bits per heavy atom. The van der Waals surface area contributed by atoms with E-state index in [1.807, 2.05) is 12.1 Å². The number of rotatable bonds is 4. The second-order valence-corrected chi connectivity index (χ2v) is 6.46. The molecule has 0 aliphatic carbocycles. The number of carboxylic acid groups (broad SMARTS) is 1. The van der Waals surface area contributed by atoms with E-state index in [4.69, 9.17) is 5.11 Å². The minimum atomic E-state index is -0.699. The third-order valence-electron chi connectivity index (χ3n) is 5.15. The number of hydrogen-bond donors (Lipinski definition) is 1. The van der Waals surface area contributed by atoms with Crippen LogP contribution in [0.25, 0.3) is 0 Å². The third-order valence-corrected chi connectivity index (χ3v) is 5.15. The number of piperidine rings is 1. The number of carboxylic acids is 1. The Balaban J connectivity index is 1.76. The van der Waals surface area contributed by atoms with Gasteiger partial charge in [0.15, 0.2) is 0 Å². The Bertz CT molecular complexity index is 519. The van der Waals surface area contributed by atoms with Crippen LogP contribution in [-0.2, 0) is 4.79 Å². The Kier molecular flexibility index (Phi) is 3.98. The van der Waals surface area contributed by atoms with E-state index in [1.54, 1.807) is 6.07 Å². The van der Waals surface area contributed by atoms with E-state index in [1.165, 1.54) is 6.07 Å². The van der Waals surface area contributed by atoms with Gasteiger partial charge < -0.3 is 5.11 Å². The predicted octanol–water partition coefficient (Wildman–Crippen LogP) is 3.60. The molecule has 114 valence electrons. The topological polar surface area (TPSA) is 40.5 Å². The summed E-state index contributed by atoms with van der Waals surface area (Å²) in [5, 5.41) is 8.98. The van der Waals surface area contributed by atoms with Crippen LogP contribution in [0.3, 0.4) is 0 Å². The summed E-state index contributed by atoms with van der Waals surface area (Å²) in [6, 6.07) is 7.86. The highest BCUT2D eigenvalue weighted by Gasteiger charge is 2.43. The first-order valence-electron chi connectivity index (χ1n) is 7.80. The van der Waals surface area contributed by atoms with E-state index in [-0.39, 0.29) is 24.2 Å². The van der Waals surface area contributed by atoms with Gasteiger partial charge in [0.25, 0.3) is 0 Å². The van der Waals surface area contributed by atoms with Crippen molar-refractivity contribution in [3.8, 4) is 0 Å². The van der Waals surface area contributed by atoms with Crippen molar-refractivity contribution in [2.75, 3.05) is 0 Å². The number of benzene rings is 1. The molecule has 1 aromatic rings. The molecule has 3 atom stereocenters. The highest BCUT2D eigenvalue weighted by molar-refractivity contribution is 5.67. The zero-order chi connectivity index (χ0) is 15.0. The Morgan fingerprint density at radius 1 is 1.33 bits per heavy atom. The van der Waals surface area contributed by atoms with Crippen LogP contribution in [0, 0.1) is 11.7 Å². The molecule has 0 saturated carbocycles. The lowest BCUT2D eigenvalue weighted by Crippen LogP contribution is -2.44. The molecule has 2 heterocycles. The van der Waals surface area contributed by atoms with Gasteiger partial charge in [-0.25, -0.2) is 4.39 Å². The van der Waals surface area contributed by atoms with Gasteiger partial charge in [-0.05, 0) is 44.6 Å². The van der Waals surface area contributed by atoms with Gasteiger partial charge in [0.1, 0.15) is 5.82 Å². The fourth-order valence-electron chi connectivity index (χ4n) is 4.35. The van der Waals surface area contributed by atoms with E-state index in [0.717, 1.165) is 31.2 Å². The molecule has 21 heavy (non-hydrogen) atoms. The first-order chi connectivity index (χ1) is 10.1. The molecule has 0 spiro atoms. The highest BCUT2D eigenvalue weighted by Crippen LogP contribution is 2.44. The summed E-state index contributed by atoms with van der Waals surface area (Å²) in [5.41, 5.74) is 0.756. The largest absolute Gasteiger partial charge is 0.481 e. The van der Waals surface area contributed by atoms with Crippen LogP contribution in [0.1, 0.15) is 50.6 Å². The summed E-state index contributed by atoms with van der Waals surface area (Å²) in [6.45, 7) is 2.07. The van der Waals surface area contributed by atoms with Crippen molar-refractivity contribution in [3.05, 3.63) is 35.6 Å². The summed E-state index contributed by atoms with van der Waals surface area (Å²) < 4.78 is 14.0. The molecule has 2 aliphatic heterocycles. The highest BCUT2D eigenvalue weighted by atomic mass is 19.1. The van der Waals surface area contributed by atoms with Crippen molar-refractivity contribution >= 4 is 5.97 Å². The molecule has 2 fully saturated rings. The SMILES string of the molecule is CC(c1ccccc1F)N1C2CCC1CC(CC(=O)O)C2. The molecule has 2 bridgehead atoms. The van der Waals surface area contributed by atoms with Crippen molar-refractivity contribution in [2.45, 2.75) is 57.2 Å². The van der Waals surface area contributed by atoms with Gasteiger partial charge in [-0.1, -0.05) is 18.2 Å². The fraction of sp³-hybridized carbons (Fsp3) is 0.588. The van der Waals surface area contributed by atoms with Gasteiger partial charge in [0.05, 0.1) is 0 Å². The van der Waals surface area contributed by atoms with Gasteiger partial charge in [-0.15, -0.1) is 0 Å². The second kappa shape index (κ2) is 5.76. The Hall–Kier alpha value is -1.42. The zero-order valence-corrected chi connectivity index (χ0v) is 12.3. The average molecular weight is 291 g/mol. The first-order valence-corrected chi connectivity index (χ1v) is 7.80. The van der Waals surface area contributed by atoms with Gasteiger partial charge in [0, 0.05) is 30.1 Å². The van der Waals surface area contributed by atoms with Crippen molar-refractivity contribution in [1.82, 2.24) is 4.90 Å². The number of nitrogens with zero attached hydrogens (tertiary/aromatic N) is 1. The number of aliphatic carboxylic acids is 1. The van der Waals surface area contributed by atoms with Crippen LogP contribution in [0.5, 0.6) is 0 Å². The first kappa shape index (κ1) is 14.5. The molecule has 0 radical (unpaired) electrons. The minimum absolute atomic E-state index is 0.0643. The molecule has 0 amide bonds. The van der Waals surface area contributed by atoms with E-state index in [2.05, 4.69) is 11.8 Å². The normalized spacial score (nSPS) is 30.3. The van der Waals surface area contributed by atoms with Crippen LogP contribution >= 0.6 is 0 Å². The number of carbonyl (C=O) groups is 1. The number of hydrogen-bond acceptors (Lipinski definition) is 2. The molecule has 3 rings (SSSR count). The lowest BCUT2D eigenvalue weighted by Gasteiger charge is -2.42. The molecule has 3 nitrogen and oxygen atoms in total. The van der Waals surface area contributed by atoms with Crippen LogP contribution in [0.4, 0.5) is 4.39 Å². The fourth-order valence-corrected chi connectivity index (χ4v) is 4.35. The molecular formula is C17H22FNO2. The van der Waals surface area contributed by atoms with E-state index < -0.39 is 5.97 Å². The minimum Gasteiger partial charge on any atom is -0.481 e. The van der Waals surface area contributed by atoms with Gasteiger partial charge >= 0.3 is 5.97 Å². The van der Waals surface area contributed by atoms with Crippen LogP contribution < -0.4 is 0 Å². The maximum Gasteiger partial charge on any atom is 0.303 e. The number of halogens is 1. The molecule has 1 N–H and O–H groups in total. The van der Waals surface area contributed by atoms with Crippen LogP contribution in [0.15, 0.2) is 24.3 Å². The Labute approximate surface area is 124 Å². The maximum absolute atomic E-state index is 14.0. The zero-order valence-electron chi connectivity index (χ0n) is 12.3. The van der Waals surface area contributed by atoms with E-state index >= 15 is 0 Å². The van der Waals surface area contributed by atoms with Crippen molar-refractivity contribution in [3.63, 3.8) is 0 Å². The standard InChI is InChI=1S/C17H22FNO2/c1-11(15-4-2-3-5-16(15)18)19-13-6-7-14(19)9-12(8-13)10-17(20)21/h2-5,11-14H,6-10H2,1H3,(H,20,21). The second-order valence-electron chi connectivity index (χ2n) is 6.46. The Morgan fingerprint density at radius 2 is 1.95 bits per heavy atom. The van der Waals surface area contributed by atoms with E-state index in [0.29, 0.717) is 12.1 Å². The smallest absolute Gasteiger partial charge is 0.303 e. The monoisotopic (exact) mass is 291 g/mol. The molecule has 4 heteroatoms. The molecule has 0 aromatic heterocycles. The summed E-state index contributed by atoms with van der Waals surface area (Å²) in [6.07, 6.45) is 4.36. The van der Waals surface area contributed by atoms with Gasteiger partial charge in [0.2, 0.25) is 0 Å². The third kappa shape index (κ3) is 2.82. The summed E-state index contributed by atoms with van der Waals surface area (Å²) in [4.78, 5) is 13.3. The van der Waals surface area contributed by atoms with Crippen molar-refractivity contribution < 1.29 is 14.3 Å². The molecule has 2 saturated heterocycles. The lowest BCUT2D eigenvalue weighted by atomic mass is 9.86. The lowest BCUT2D eigenvalue weighted by molar-refractivity contribution is -0.138. The molecular weight excluding hydrogens is 269 g/mol. The molecule has 2 aliphatic rings. The summed E-state index contributed by atoms with van der Waals surface area (Å²) in [7, 11) is 0. The summed E-state index contributed by atoms with van der Waals surface area (Å²) in [5.74, 6) is -0.559. The molecule has 1 aromatic carbocycles. The number of fused-ring (bicyclic) bond motifs is 2.